The molecular formula is C28H35NO7. The van der Waals surface area contributed by atoms with Crippen LogP contribution in [0, 0.1) is 0 Å². The van der Waals surface area contributed by atoms with E-state index in [1.54, 1.807) is 37.4 Å². The molecule has 3 rings (SSSR count). The van der Waals surface area contributed by atoms with Gasteiger partial charge in [-0.05, 0) is 61.2 Å². The van der Waals surface area contributed by atoms with Gasteiger partial charge < -0.3 is 29.0 Å². The van der Waals surface area contributed by atoms with E-state index in [1.165, 1.54) is 12.0 Å². The fraction of sp³-hybridized carbons (Fsp3) is 0.429. The maximum Gasteiger partial charge on any atom is 0.295 e. The average Bonchev–Trinajstić information content (AvgIpc) is 3.12. The van der Waals surface area contributed by atoms with Crippen LogP contribution in [0.3, 0.4) is 0 Å². The second kappa shape index (κ2) is 11.9. The Morgan fingerprint density at radius 3 is 2.25 bits per heavy atom. The summed E-state index contributed by atoms with van der Waals surface area (Å²) in [6, 6.07) is 9.70. The van der Waals surface area contributed by atoms with Gasteiger partial charge in [-0.3, -0.25) is 9.59 Å². The molecule has 0 saturated carbocycles. The first-order chi connectivity index (χ1) is 17.3. The van der Waals surface area contributed by atoms with Crippen molar-refractivity contribution in [2.45, 2.75) is 39.7 Å². The Hall–Kier alpha value is -3.52. The molecule has 1 heterocycles. The van der Waals surface area contributed by atoms with E-state index in [2.05, 4.69) is 0 Å². The number of ketones is 1. The molecule has 1 aliphatic heterocycles. The summed E-state index contributed by atoms with van der Waals surface area (Å²) in [6.45, 7) is 9.15. The third kappa shape index (κ3) is 5.33. The van der Waals surface area contributed by atoms with Crippen LogP contribution in [-0.4, -0.2) is 62.3 Å². The van der Waals surface area contributed by atoms with Gasteiger partial charge in [-0.15, -0.1) is 0 Å². The van der Waals surface area contributed by atoms with Crippen LogP contribution in [0.2, 0.25) is 0 Å². The number of benzene rings is 2. The third-order valence-electron chi connectivity index (χ3n) is 6.08. The fourth-order valence-corrected chi connectivity index (χ4v) is 4.37. The summed E-state index contributed by atoms with van der Waals surface area (Å²) in [5, 5.41) is 11.4. The van der Waals surface area contributed by atoms with E-state index in [0.29, 0.717) is 35.8 Å². The minimum atomic E-state index is -0.820. The third-order valence-corrected chi connectivity index (χ3v) is 6.08. The van der Waals surface area contributed by atoms with Crippen molar-refractivity contribution in [1.29, 1.82) is 0 Å². The molecule has 1 fully saturated rings. The van der Waals surface area contributed by atoms with Gasteiger partial charge in [0, 0.05) is 19.2 Å². The molecule has 8 nitrogen and oxygen atoms in total. The van der Waals surface area contributed by atoms with Crippen LogP contribution in [0.5, 0.6) is 17.2 Å². The molecule has 0 bridgehead atoms. The number of Topliss-reactive ketones (excluding diaryl/α,β-unsaturated/α-hetero) is 1. The predicted molar refractivity (Wildman–Crippen MR) is 137 cm³/mol. The van der Waals surface area contributed by atoms with Crippen molar-refractivity contribution in [1.82, 2.24) is 4.90 Å². The lowest BCUT2D eigenvalue weighted by Crippen LogP contribution is -2.32. The normalized spacial score (nSPS) is 17.1. The molecule has 1 saturated heterocycles. The molecule has 1 atom stereocenters. The van der Waals surface area contributed by atoms with Gasteiger partial charge in [-0.1, -0.05) is 19.9 Å². The Morgan fingerprint density at radius 1 is 0.972 bits per heavy atom. The van der Waals surface area contributed by atoms with E-state index in [-0.39, 0.29) is 30.4 Å². The molecule has 0 radical (unpaired) electrons. The Morgan fingerprint density at radius 2 is 1.64 bits per heavy atom. The number of rotatable bonds is 11. The summed E-state index contributed by atoms with van der Waals surface area (Å²) in [6.07, 6.45) is 0. The van der Waals surface area contributed by atoms with Crippen molar-refractivity contribution in [3.8, 4) is 17.2 Å². The average molecular weight is 498 g/mol. The molecule has 36 heavy (non-hydrogen) atoms. The smallest absolute Gasteiger partial charge is 0.295 e. The van der Waals surface area contributed by atoms with Crippen LogP contribution in [0.4, 0.5) is 0 Å². The van der Waals surface area contributed by atoms with Gasteiger partial charge in [-0.25, -0.2) is 0 Å². The number of carbonyl (C=O) groups is 2. The molecule has 2 aromatic carbocycles. The van der Waals surface area contributed by atoms with Gasteiger partial charge in [0.1, 0.15) is 11.5 Å². The summed E-state index contributed by atoms with van der Waals surface area (Å²) in [4.78, 5) is 27.8. The van der Waals surface area contributed by atoms with E-state index in [1.807, 2.05) is 33.8 Å². The Labute approximate surface area is 212 Å². The number of nitrogens with zero attached hydrogens (tertiary/aromatic N) is 1. The molecule has 0 aromatic heterocycles. The number of carbonyl (C=O) groups excluding carboxylic acids is 2. The van der Waals surface area contributed by atoms with E-state index in [9.17, 15) is 14.7 Å². The lowest BCUT2D eigenvalue weighted by atomic mass is 9.93. The quantitative estimate of drug-likeness (QED) is 0.274. The van der Waals surface area contributed by atoms with Crippen molar-refractivity contribution in [3.05, 3.63) is 58.7 Å². The van der Waals surface area contributed by atoms with Gasteiger partial charge >= 0.3 is 0 Å². The van der Waals surface area contributed by atoms with Crippen LogP contribution in [0.25, 0.3) is 5.76 Å². The van der Waals surface area contributed by atoms with Gasteiger partial charge in [0.05, 0.1) is 38.5 Å². The summed E-state index contributed by atoms with van der Waals surface area (Å²) >= 11 is 0. The summed E-state index contributed by atoms with van der Waals surface area (Å²) in [5.74, 6) is 0.175. The molecule has 194 valence electrons. The monoisotopic (exact) mass is 497 g/mol. The number of hydrogen-bond donors (Lipinski definition) is 1. The molecule has 1 N–H and O–H groups in total. The second-order valence-electron chi connectivity index (χ2n) is 8.67. The van der Waals surface area contributed by atoms with E-state index in [4.69, 9.17) is 18.9 Å². The van der Waals surface area contributed by atoms with Crippen molar-refractivity contribution in [2.75, 3.05) is 40.6 Å². The fourth-order valence-electron chi connectivity index (χ4n) is 4.37. The van der Waals surface area contributed by atoms with Crippen LogP contribution < -0.4 is 14.2 Å². The molecule has 1 unspecified atom stereocenters. The molecule has 0 aliphatic carbocycles. The van der Waals surface area contributed by atoms with E-state index in [0.717, 1.165) is 11.3 Å². The zero-order valence-corrected chi connectivity index (χ0v) is 21.8. The Balaban J connectivity index is 2.21. The van der Waals surface area contributed by atoms with E-state index >= 15 is 0 Å². The number of aliphatic hydroxyl groups is 1. The number of aliphatic hydroxyl groups excluding tert-OH is 1. The zero-order valence-electron chi connectivity index (χ0n) is 21.8. The van der Waals surface area contributed by atoms with E-state index < -0.39 is 17.7 Å². The van der Waals surface area contributed by atoms with Gasteiger partial charge in [-0.2, -0.15) is 0 Å². The van der Waals surface area contributed by atoms with Gasteiger partial charge in [0.25, 0.3) is 11.7 Å². The number of methoxy groups -OCH3 is 2. The summed E-state index contributed by atoms with van der Waals surface area (Å²) in [5.41, 5.74) is 1.97. The summed E-state index contributed by atoms with van der Waals surface area (Å²) in [7, 11) is 3.07. The van der Waals surface area contributed by atoms with Gasteiger partial charge in [0.2, 0.25) is 0 Å². The first-order valence-corrected chi connectivity index (χ1v) is 12.1. The number of amides is 1. The van der Waals surface area contributed by atoms with Crippen molar-refractivity contribution >= 4 is 17.4 Å². The topological polar surface area (TPSA) is 94.5 Å². The standard InChI is InChI=1S/C28H35NO7/c1-7-35-21-11-10-19(15-20(21)17(3)4)26(30)24-25(29(13-14-33-5)28(32)27(24)31)18-9-12-22(34-6)23(16-18)36-8-2/h9-12,15-17,25,30H,7-8,13-14H2,1-6H3/b26-24+. The van der Waals surface area contributed by atoms with Crippen LogP contribution >= 0.6 is 0 Å². The lowest BCUT2D eigenvalue weighted by Gasteiger charge is -2.26. The Kier molecular flexibility index (Phi) is 8.98. The first-order valence-electron chi connectivity index (χ1n) is 12.1. The number of likely N-dealkylation sites (tertiary alicyclic amines) is 1. The molecule has 1 amide bonds. The van der Waals surface area contributed by atoms with Crippen LogP contribution in [-0.2, 0) is 14.3 Å². The highest BCUT2D eigenvalue weighted by Crippen LogP contribution is 2.42. The Bertz CT molecular complexity index is 1140. The molecular weight excluding hydrogens is 462 g/mol. The highest BCUT2D eigenvalue weighted by Gasteiger charge is 2.46. The molecule has 1 aliphatic rings. The zero-order chi connectivity index (χ0) is 26.4. The second-order valence-corrected chi connectivity index (χ2v) is 8.67. The van der Waals surface area contributed by atoms with Crippen molar-refractivity contribution < 1.29 is 33.6 Å². The maximum atomic E-state index is 13.3. The maximum absolute atomic E-state index is 13.3. The highest BCUT2D eigenvalue weighted by atomic mass is 16.5. The number of hydrogen-bond acceptors (Lipinski definition) is 7. The highest BCUT2D eigenvalue weighted by molar-refractivity contribution is 6.46. The summed E-state index contributed by atoms with van der Waals surface area (Å²) < 4.78 is 22.0. The van der Waals surface area contributed by atoms with Crippen LogP contribution in [0.15, 0.2) is 42.0 Å². The predicted octanol–water partition coefficient (Wildman–Crippen LogP) is 4.68. The van der Waals surface area contributed by atoms with Crippen molar-refractivity contribution in [3.63, 3.8) is 0 Å². The molecule has 2 aromatic rings. The minimum absolute atomic E-state index is 0.0163. The largest absolute Gasteiger partial charge is 0.507 e. The molecule has 8 heteroatoms. The van der Waals surface area contributed by atoms with Crippen molar-refractivity contribution in [2.24, 2.45) is 0 Å². The SMILES string of the molecule is CCOc1cc(C2/C(=C(\O)c3ccc(OCC)c(C(C)C)c3)C(=O)C(=O)N2CCOC)ccc1OC. The minimum Gasteiger partial charge on any atom is -0.507 e. The van der Waals surface area contributed by atoms with Crippen LogP contribution in [0.1, 0.15) is 56.3 Å². The molecule has 0 spiro atoms. The van der Waals surface area contributed by atoms with Gasteiger partial charge in [0.15, 0.2) is 11.5 Å². The number of ether oxygens (including phenoxy) is 4. The first kappa shape index (κ1) is 27.1. The lowest BCUT2D eigenvalue weighted by molar-refractivity contribution is -0.140.